The molecule has 4 rings (SSSR count). The molecule has 2 heterocycles. The first-order valence-electron chi connectivity index (χ1n) is 11.4. The van der Waals surface area contributed by atoms with E-state index in [-0.39, 0.29) is 23.3 Å². The summed E-state index contributed by atoms with van der Waals surface area (Å²) in [5.41, 5.74) is 3.24. The molecule has 182 valence electrons. The van der Waals surface area contributed by atoms with Crippen LogP contribution in [0, 0.1) is 0 Å². The molecule has 1 atom stereocenters. The summed E-state index contributed by atoms with van der Waals surface area (Å²) >= 11 is 1.21. The zero-order chi connectivity index (χ0) is 24.8. The van der Waals surface area contributed by atoms with Gasteiger partial charge in [-0.3, -0.25) is 9.59 Å². The van der Waals surface area contributed by atoms with Crippen LogP contribution in [0.5, 0.6) is 11.5 Å². The molecule has 1 aromatic heterocycles. The second kappa shape index (κ2) is 11.2. The second-order valence-corrected chi connectivity index (χ2v) is 9.05. The van der Waals surface area contributed by atoms with Crippen molar-refractivity contribution in [3.05, 3.63) is 81.8 Å². The molecule has 35 heavy (non-hydrogen) atoms. The van der Waals surface area contributed by atoms with Crippen LogP contribution >= 0.6 is 11.8 Å². The predicted molar refractivity (Wildman–Crippen MR) is 136 cm³/mol. The number of rotatable bonds is 9. The molecule has 0 saturated heterocycles. The molecule has 0 fully saturated rings. The fraction of sp³-hybridized carbons (Fsp3) is 0.308. The van der Waals surface area contributed by atoms with Crippen LogP contribution in [0.2, 0.25) is 0 Å². The van der Waals surface area contributed by atoms with E-state index in [4.69, 9.17) is 14.6 Å². The molecule has 0 spiro atoms. The number of carbonyl (C=O) groups excluding carboxylic acids is 1. The zero-order valence-electron chi connectivity index (χ0n) is 20.0. The van der Waals surface area contributed by atoms with Gasteiger partial charge < -0.3 is 14.5 Å². The van der Waals surface area contributed by atoms with Crippen LogP contribution < -0.4 is 15.0 Å². The minimum absolute atomic E-state index is 0.102. The molecule has 1 N–H and O–H groups in total. The number of hydrogen-bond donors (Lipinski definition) is 1. The quantitative estimate of drug-likeness (QED) is 0.355. The number of hydrazone groups is 1. The summed E-state index contributed by atoms with van der Waals surface area (Å²) in [6.07, 6.45) is 2.18. The van der Waals surface area contributed by atoms with Crippen LogP contribution in [0.25, 0.3) is 0 Å². The Morgan fingerprint density at radius 1 is 1.09 bits per heavy atom. The number of benzene rings is 2. The van der Waals surface area contributed by atoms with E-state index in [1.807, 2.05) is 55.5 Å². The zero-order valence-corrected chi connectivity index (χ0v) is 20.8. The van der Waals surface area contributed by atoms with E-state index in [1.54, 1.807) is 19.2 Å². The molecule has 0 bridgehead atoms. The van der Waals surface area contributed by atoms with E-state index < -0.39 is 0 Å². The molecule has 9 heteroatoms. The highest BCUT2D eigenvalue weighted by molar-refractivity contribution is 7.99. The van der Waals surface area contributed by atoms with Gasteiger partial charge in [-0.1, -0.05) is 37.2 Å². The van der Waals surface area contributed by atoms with Gasteiger partial charge in [0.2, 0.25) is 0 Å². The summed E-state index contributed by atoms with van der Waals surface area (Å²) in [4.78, 5) is 32.5. The van der Waals surface area contributed by atoms with E-state index in [0.29, 0.717) is 18.0 Å². The smallest absolute Gasteiger partial charge is 0.253 e. The van der Waals surface area contributed by atoms with Gasteiger partial charge in [0, 0.05) is 18.2 Å². The van der Waals surface area contributed by atoms with Crippen LogP contribution in [-0.4, -0.2) is 46.6 Å². The normalized spacial score (nSPS) is 15.1. The molecule has 2 aromatic carbocycles. The van der Waals surface area contributed by atoms with Crippen molar-refractivity contribution in [2.75, 3.05) is 20.0 Å². The highest BCUT2D eigenvalue weighted by Gasteiger charge is 2.33. The number of hydrogen-bond acceptors (Lipinski definition) is 7. The van der Waals surface area contributed by atoms with Crippen LogP contribution in [0.4, 0.5) is 0 Å². The lowest BCUT2D eigenvalue weighted by atomic mass is 9.98. The Morgan fingerprint density at radius 3 is 2.37 bits per heavy atom. The standard InChI is InChI=1S/C26H28N4O4S/c1-4-5-19-14-24(31)28-26(27-19)35-16-25(32)30-23(18-8-12-21(34-3)13-9-18)15-22(29-30)17-6-10-20(33-2)11-7-17/h6-14,23H,4-5,15-16H2,1-3H3,(H,27,28,31). The van der Waals surface area contributed by atoms with Crippen LogP contribution in [0.3, 0.4) is 0 Å². The van der Waals surface area contributed by atoms with E-state index in [0.717, 1.165) is 40.5 Å². The van der Waals surface area contributed by atoms with Gasteiger partial charge >= 0.3 is 0 Å². The Balaban J connectivity index is 1.57. The number of aromatic nitrogens is 2. The highest BCUT2D eigenvalue weighted by atomic mass is 32.2. The third-order valence-corrected chi connectivity index (χ3v) is 6.56. The lowest BCUT2D eigenvalue weighted by molar-refractivity contribution is -0.130. The average molecular weight is 493 g/mol. The largest absolute Gasteiger partial charge is 0.497 e. The fourth-order valence-electron chi connectivity index (χ4n) is 3.92. The number of aromatic amines is 1. The van der Waals surface area contributed by atoms with Crippen molar-refractivity contribution in [2.24, 2.45) is 5.10 Å². The Morgan fingerprint density at radius 2 is 1.74 bits per heavy atom. The number of H-pyrrole nitrogens is 1. The molecule has 8 nitrogen and oxygen atoms in total. The summed E-state index contributed by atoms with van der Waals surface area (Å²) < 4.78 is 10.5. The number of aryl methyl sites for hydroxylation is 1. The van der Waals surface area contributed by atoms with E-state index in [9.17, 15) is 9.59 Å². The van der Waals surface area contributed by atoms with Gasteiger partial charge in [0.1, 0.15) is 11.5 Å². The average Bonchev–Trinajstić information content (AvgIpc) is 3.33. The summed E-state index contributed by atoms with van der Waals surface area (Å²) in [5, 5.41) is 6.70. The van der Waals surface area contributed by atoms with E-state index in [1.165, 1.54) is 17.8 Å². The van der Waals surface area contributed by atoms with Crippen molar-refractivity contribution < 1.29 is 14.3 Å². The fourth-order valence-corrected chi connectivity index (χ4v) is 4.66. The monoisotopic (exact) mass is 492 g/mol. The molecule has 1 unspecified atom stereocenters. The summed E-state index contributed by atoms with van der Waals surface area (Å²) in [6, 6.07) is 16.6. The van der Waals surface area contributed by atoms with Gasteiger partial charge in [0.05, 0.1) is 31.7 Å². The first kappa shape index (κ1) is 24.5. The Kier molecular flexibility index (Phi) is 7.87. The maximum atomic E-state index is 13.3. The Hall–Kier alpha value is -3.59. The lowest BCUT2D eigenvalue weighted by Crippen LogP contribution is -2.28. The molecule has 0 aliphatic carbocycles. The topological polar surface area (TPSA) is 96.9 Å². The van der Waals surface area contributed by atoms with E-state index >= 15 is 0 Å². The van der Waals surface area contributed by atoms with Crippen LogP contribution in [-0.2, 0) is 11.2 Å². The molecule has 3 aromatic rings. The summed E-state index contributed by atoms with van der Waals surface area (Å²) in [7, 11) is 3.25. The van der Waals surface area contributed by atoms with Crippen molar-refractivity contribution >= 4 is 23.4 Å². The third kappa shape index (κ3) is 5.92. The van der Waals surface area contributed by atoms with Crippen molar-refractivity contribution in [2.45, 2.75) is 37.4 Å². The highest BCUT2D eigenvalue weighted by Crippen LogP contribution is 2.34. The number of thioether (sulfide) groups is 1. The van der Waals surface area contributed by atoms with Gasteiger partial charge in [-0.05, 0) is 53.9 Å². The molecular weight excluding hydrogens is 464 g/mol. The van der Waals surface area contributed by atoms with Gasteiger partial charge in [-0.2, -0.15) is 5.10 Å². The number of nitrogens with zero attached hydrogens (tertiary/aromatic N) is 3. The minimum atomic E-state index is -0.246. The third-order valence-electron chi connectivity index (χ3n) is 5.70. The number of nitrogens with one attached hydrogen (secondary N) is 1. The van der Waals surface area contributed by atoms with Gasteiger partial charge in [0.15, 0.2) is 5.16 Å². The maximum absolute atomic E-state index is 13.3. The number of amides is 1. The molecule has 1 aliphatic heterocycles. The van der Waals surface area contributed by atoms with Crippen molar-refractivity contribution in [1.82, 2.24) is 15.0 Å². The molecule has 1 amide bonds. The molecule has 0 saturated carbocycles. The van der Waals surface area contributed by atoms with Crippen molar-refractivity contribution in [3.63, 3.8) is 0 Å². The van der Waals surface area contributed by atoms with E-state index in [2.05, 4.69) is 9.97 Å². The first-order chi connectivity index (χ1) is 17.0. The van der Waals surface area contributed by atoms with Crippen molar-refractivity contribution in [1.29, 1.82) is 0 Å². The van der Waals surface area contributed by atoms with Gasteiger partial charge in [-0.15, -0.1) is 0 Å². The molecular formula is C26H28N4O4S. The Bertz CT molecular complexity index is 1260. The molecule has 1 aliphatic rings. The first-order valence-corrected chi connectivity index (χ1v) is 12.4. The maximum Gasteiger partial charge on any atom is 0.253 e. The second-order valence-electron chi connectivity index (χ2n) is 8.09. The minimum Gasteiger partial charge on any atom is -0.497 e. The number of methoxy groups -OCH3 is 2. The summed E-state index contributed by atoms with van der Waals surface area (Å²) in [5.74, 6) is 1.45. The SMILES string of the molecule is CCCc1cc(=O)[nH]c(SCC(=O)N2N=C(c3ccc(OC)cc3)CC2c2ccc(OC)cc2)n1. The Labute approximate surface area is 208 Å². The number of ether oxygens (including phenoxy) is 2. The van der Waals surface area contributed by atoms with Crippen molar-refractivity contribution in [3.8, 4) is 11.5 Å². The van der Waals surface area contributed by atoms with Crippen LogP contribution in [0.1, 0.15) is 42.6 Å². The van der Waals surface area contributed by atoms with Gasteiger partial charge in [0.25, 0.3) is 11.5 Å². The van der Waals surface area contributed by atoms with Crippen LogP contribution in [0.15, 0.2) is 69.6 Å². The van der Waals surface area contributed by atoms with Gasteiger partial charge in [-0.25, -0.2) is 9.99 Å². The predicted octanol–water partition coefficient (Wildman–Crippen LogP) is 4.21. The number of carbonyl (C=O) groups is 1. The molecule has 0 radical (unpaired) electrons. The summed E-state index contributed by atoms with van der Waals surface area (Å²) in [6.45, 7) is 2.03. The lowest BCUT2D eigenvalue weighted by Gasteiger charge is -2.22.